The molecule has 1 saturated heterocycles. The van der Waals surface area contributed by atoms with Crippen LogP contribution in [0, 0.1) is 0 Å². The lowest BCUT2D eigenvalue weighted by atomic mass is 10.0. The molecule has 0 bridgehead atoms. The van der Waals surface area contributed by atoms with Gasteiger partial charge in [-0.15, -0.1) is 0 Å². The molecule has 2 aliphatic rings. The van der Waals surface area contributed by atoms with Crippen LogP contribution in [-0.2, 0) is 14.3 Å². The lowest BCUT2D eigenvalue weighted by Crippen LogP contribution is -2.43. The highest BCUT2D eigenvalue weighted by Gasteiger charge is 2.28. The summed E-state index contributed by atoms with van der Waals surface area (Å²) in [5.41, 5.74) is 3.79. The average molecular weight is 499 g/mol. The third-order valence-electron chi connectivity index (χ3n) is 6.48. The van der Waals surface area contributed by atoms with Crippen LogP contribution in [0.3, 0.4) is 0 Å². The molecule has 0 saturated carbocycles. The number of anilines is 1. The van der Waals surface area contributed by atoms with E-state index in [0.29, 0.717) is 31.0 Å². The topological polar surface area (TPSA) is 92.3 Å². The third-order valence-corrected chi connectivity index (χ3v) is 6.48. The Kier molecular flexibility index (Phi) is 7.88. The maximum atomic E-state index is 13.1. The van der Waals surface area contributed by atoms with Gasteiger partial charge in [0.1, 0.15) is 6.10 Å². The van der Waals surface area contributed by atoms with Crippen LogP contribution in [0.25, 0.3) is 0 Å². The monoisotopic (exact) mass is 498 g/mol. The molecule has 2 unspecified atom stereocenters. The van der Waals surface area contributed by atoms with E-state index in [1.54, 1.807) is 0 Å². The lowest BCUT2D eigenvalue weighted by molar-refractivity contribution is -0.117. The number of fused-ring (bicyclic) bond motifs is 1. The molecule has 3 aromatic carbocycles. The highest BCUT2D eigenvalue weighted by molar-refractivity contribution is 6.19. The maximum absolute atomic E-state index is 13.1. The number of benzodiazepines with no additional fused rings is 1. The van der Waals surface area contributed by atoms with Gasteiger partial charge in [-0.1, -0.05) is 78.9 Å². The third kappa shape index (κ3) is 6.22. The molecule has 0 spiro atoms. The number of ether oxygens (including phenoxy) is 2. The number of carbonyl (C=O) groups is 2. The normalized spacial score (nSPS) is 18.5. The molecular weight excluding hydrogens is 468 g/mol. The van der Waals surface area contributed by atoms with E-state index in [1.165, 1.54) is 0 Å². The first-order valence-corrected chi connectivity index (χ1v) is 12.5. The zero-order chi connectivity index (χ0) is 25.5. The number of amides is 2. The van der Waals surface area contributed by atoms with Crippen LogP contribution in [0.1, 0.15) is 29.2 Å². The van der Waals surface area contributed by atoms with Crippen molar-refractivity contribution in [2.24, 2.45) is 4.99 Å². The number of hydrogen-bond donors (Lipinski definition) is 2. The second-order valence-corrected chi connectivity index (χ2v) is 8.97. The second kappa shape index (κ2) is 11.8. The van der Waals surface area contributed by atoms with Crippen molar-refractivity contribution in [1.82, 2.24) is 10.2 Å². The Labute approximate surface area is 216 Å². The first kappa shape index (κ1) is 24.7. The van der Waals surface area contributed by atoms with Gasteiger partial charge < -0.3 is 14.8 Å². The molecule has 2 aliphatic heterocycles. The van der Waals surface area contributed by atoms with E-state index in [2.05, 4.69) is 20.5 Å². The summed E-state index contributed by atoms with van der Waals surface area (Å²) >= 11 is 0. The van der Waals surface area contributed by atoms with Gasteiger partial charge in [0, 0.05) is 37.2 Å². The number of para-hydroxylation sites is 1. The van der Waals surface area contributed by atoms with Gasteiger partial charge in [-0.2, -0.15) is 0 Å². The number of alkyl carbamates (subject to hydrolysis) is 1. The number of morpholine rings is 1. The minimum absolute atomic E-state index is 0.431. The SMILES string of the molecule is O=C(NC1N=C(c2ccccc2)c2ccccc2NC1=O)OC(CCN1CCOCC1)c1ccccc1. The van der Waals surface area contributed by atoms with Gasteiger partial charge in [0.05, 0.1) is 24.6 Å². The first-order chi connectivity index (χ1) is 18.2. The van der Waals surface area contributed by atoms with E-state index >= 15 is 0 Å². The molecule has 8 heteroatoms. The maximum Gasteiger partial charge on any atom is 0.409 e. The fourth-order valence-electron chi connectivity index (χ4n) is 4.54. The Bertz CT molecular complexity index is 1240. The minimum Gasteiger partial charge on any atom is -0.441 e. The van der Waals surface area contributed by atoms with E-state index in [9.17, 15) is 9.59 Å². The van der Waals surface area contributed by atoms with Crippen molar-refractivity contribution in [1.29, 1.82) is 0 Å². The highest BCUT2D eigenvalue weighted by atomic mass is 16.6. The smallest absolute Gasteiger partial charge is 0.409 e. The zero-order valence-electron chi connectivity index (χ0n) is 20.5. The number of nitrogens with one attached hydrogen (secondary N) is 2. The molecule has 1 fully saturated rings. The number of hydrogen-bond acceptors (Lipinski definition) is 6. The average Bonchev–Trinajstić information content (AvgIpc) is 3.08. The Morgan fingerprint density at radius 1 is 1.00 bits per heavy atom. The van der Waals surface area contributed by atoms with Crippen LogP contribution in [0.5, 0.6) is 0 Å². The quantitative estimate of drug-likeness (QED) is 0.514. The molecule has 2 N–H and O–H groups in total. The van der Waals surface area contributed by atoms with Crippen molar-refractivity contribution in [2.75, 3.05) is 38.2 Å². The largest absolute Gasteiger partial charge is 0.441 e. The van der Waals surface area contributed by atoms with Crippen molar-refractivity contribution in [2.45, 2.75) is 18.7 Å². The first-order valence-electron chi connectivity index (χ1n) is 12.5. The van der Waals surface area contributed by atoms with Crippen LogP contribution in [-0.4, -0.2) is 61.6 Å². The molecule has 0 radical (unpaired) electrons. The fourth-order valence-corrected chi connectivity index (χ4v) is 4.54. The molecule has 3 aromatic rings. The molecular formula is C29H30N4O4. The van der Waals surface area contributed by atoms with Crippen molar-refractivity contribution >= 4 is 23.4 Å². The van der Waals surface area contributed by atoms with Gasteiger partial charge in [-0.05, 0) is 11.6 Å². The van der Waals surface area contributed by atoms with E-state index in [0.717, 1.165) is 36.3 Å². The summed E-state index contributed by atoms with van der Waals surface area (Å²) < 4.78 is 11.3. The summed E-state index contributed by atoms with van der Waals surface area (Å²) in [6.07, 6.45) is -1.69. The molecule has 0 aliphatic carbocycles. The molecule has 2 amide bonds. The Morgan fingerprint density at radius 2 is 1.68 bits per heavy atom. The highest BCUT2D eigenvalue weighted by Crippen LogP contribution is 2.25. The van der Waals surface area contributed by atoms with Crippen LogP contribution in [0.4, 0.5) is 10.5 Å². The standard InChI is InChI=1S/C29H30N4O4/c34-28-27(31-26(22-11-5-2-6-12-22)23-13-7-8-14-24(23)30-28)32-29(35)37-25(21-9-3-1-4-10-21)15-16-33-17-19-36-20-18-33/h1-14,25,27H,15-20H2,(H,30,34)(H,32,35). The summed E-state index contributed by atoms with van der Waals surface area (Å²) in [7, 11) is 0. The summed E-state index contributed by atoms with van der Waals surface area (Å²) in [6.45, 7) is 3.89. The van der Waals surface area contributed by atoms with Crippen molar-refractivity contribution in [3.8, 4) is 0 Å². The molecule has 8 nitrogen and oxygen atoms in total. The zero-order valence-corrected chi connectivity index (χ0v) is 20.5. The van der Waals surface area contributed by atoms with Crippen molar-refractivity contribution in [3.05, 3.63) is 102 Å². The van der Waals surface area contributed by atoms with E-state index < -0.39 is 24.3 Å². The van der Waals surface area contributed by atoms with Gasteiger partial charge in [0.15, 0.2) is 0 Å². The van der Waals surface area contributed by atoms with Gasteiger partial charge in [0.25, 0.3) is 5.91 Å². The van der Waals surface area contributed by atoms with E-state index in [4.69, 9.17) is 9.47 Å². The molecule has 2 atom stereocenters. The van der Waals surface area contributed by atoms with Crippen molar-refractivity contribution in [3.63, 3.8) is 0 Å². The number of aliphatic imine (C=N–C) groups is 1. The van der Waals surface area contributed by atoms with Crippen molar-refractivity contribution < 1.29 is 19.1 Å². The predicted octanol–water partition coefficient (Wildman–Crippen LogP) is 3.99. The molecule has 2 heterocycles. The Hall–Kier alpha value is -4.01. The van der Waals surface area contributed by atoms with Gasteiger partial charge >= 0.3 is 6.09 Å². The minimum atomic E-state index is -1.15. The summed E-state index contributed by atoms with van der Waals surface area (Å²) in [4.78, 5) is 33.2. The number of nitrogens with zero attached hydrogens (tertiary/aromatic N) is 2. The van der Waals surface area contributed by atoms with Crippen LogP contribution in [0.15, 0.2) is 89.9 Å². The predicted molar refractivity (Wildman–Crippen MR) is 142 cm³/mol. The molecule has 37 heavy (non-hydrogen) atoms. The summed E-state index contributed by atoms with van der Waals surface area (Å²) in [5.74, 6) is -0.431. The summed E-state index contributed by atoms with van der Waals surface area (Å²) in [5, 5.41) is 5.58. The molecule has 190 valence electrons. The number of rotatable bonds is 7. The number of carbonyl (C=O) groups excluding carboxylic acids is 2. The molecule has 5 rings (SSSR count). The Morgan fingerprint density at radius 3 is 2.43 bits per heavy atom. The fraction of sp³-hybridized carbons (Fsp3) is 0.276. The second-order valence-electron chi connectivity index (χ2n) is 8.97. The van der Waals surface area contributed by atoms with Crippen LogP contribution >= 0.6 is 0 Å². The van der Waals surface area contributed by atoms with Gasteiger partial charge in [0.2, 0.25) is 6.17 Å². The van der Waals surface area contributed by atoms with Gasteiger partial charge in [-0.3, -0.25) is 15.0 Å². The van der Waals surface area contributed by atoms with Crippen LogP contribution < -0.4 is 10.6 Å². The molecule has 0 aromatic heterocycles. The van der Waals surface area contributed by atoms with E-state index in [1.807, 2.05) is 84.9 Å². The van der Waals surface area contributed by atoms with Crippen LogP contribution in [0.2, 0.25) is 0 Å². The summed E-state index contributed by atoms with van der Waals surface area (Å²) in [6, 6.07) is 26.7. The van der Waals surface area contributed by atoms with E-state index in [-0.39, 0.29) is 0 Å². The number of benzene rings is 3. The Balaban J connectivity index is 1.34. The lowest BCUT2D eigenvalue weighted by Gasteiger charge is -2.28. The van der Waals surface area contributed by atoms with Gasteiger partial charge in [-0.25, -0.2) is 9.79 Å².